The first-order valence-electron chi connectivity index (χ1n) is 5.91. The summed E-state index contributed by atoms with van der Waals surface area (Å²) < 4.78 is 0. The third-order valence-electron chi connectivity index (χ3n) is 2.63. The molecule has 1 aromatic rings. The SMILES string of the molecule is C=CCC[C@@H](NC(=O)c1cccc([N+](=O)[O-])c1)C(N)=O. The molecule has 0 bridgehead atoms. The number of nitrogens with one attached hydrogen (secondary N) is 1. The van der Waals surface area contributed by atoms with Gasteiger partial charge in [-0.25, -0.2) is 0 Å². The molecule has 0 fully saturated rings. The number of nitrogens with two attached hydrogens (primary N) is 1. The van der Waals surface area contributed by atoms with Gasteiger partial charge in [-0.05, 0) is 18.9 Å². The fraction of sp³-hybridized carbons (Fsp3) is 0.231. The standard InChI is InChI=1S/C13H15N3O4/c1-2-3-7-11(12(14)17)15-13(18)9-5-4-6-10(8-9)16(19)20/h2,4-6,8,11H,1,3,7H2,(H2,14,17)(H,15,18)/t11-/m1/s1. The predicted molar refractivity (Wildman–Crippen MR) is 73.0 cm³/mol. The highest BCUT2D eigenvalue weighted by atomic mass is 16.6. The van der Waals surface area contributed by atoms with Gasteiger partial charge in [-0.1, -0.05) is 12.1 Å². The van der Waals surface area contributed by atoms with E-state index < -0.39 is 22.8 Å². The summed E-state index contributed by atoms with van der Waals surface area (Å²) in [6.45, 7) is 3.52. The number of nitro groups is 1. The molecule has 106 valence electrons. The Morgan fingerprint density at radius 1 is 1.50 bits per heavy atom. The van der Waals surface area contributed by atoms with Crippen molar-refractivity contribution in [3.63, 3.8) is 0 Å². The molecule has 0 aliphatic carbocycles. The number of primary amides is 1. The van der Waals surface area contributed by atoms with Crippen LogP contribution in [-0.2, 0) is 4.79 Å². The first-order chi connectivity index (χ1) is 9.45. The Kier molecular flexibility index (Phi) is 5.40. The fourth-order valence-electron chi connectivity index (χ4n) is 1.57. The number of non-ortho nitro benzene ring substituents is 1. The molecule has 20 heavy (non-hydrogen) atoms. The highest BCUT2D eigenvalue weighted by Gasteiger charge is 2.19. The Balaban J connectivity index is 2.83. The lowest BCUT2D eigenvalue weighted by Crippen LogP contribution is -2.44. The van der Waals surface area contributed by atoms with Gasteiger partial charge in [-0.2, -0.15) is 0 Å². The van der Waals surface area contributed by atoms with Gasteiger partial charge in [0.1, 0.15) is 6.04 Å². The van der Waals surface area contributed by atoms with Crippen molar-refractivity contribution in [1.82, 2.24) is 5.32 Å². The number of amides is 2. The molecule has 0 aromatic heterocycles. The van der Waals surface area contributed by atoms with E-state index in [2.05, 4.69) is 11.9 Å². The molecule has 0 radical (unpaired) electrons. The molecule has 0 saturated heterocycles. The van der Waals surface area contributed by atoms with Crippen LogP contribution >= 0.6 is 0 Å². The number of benzene rings is 1. The van der Waals surface area contributed by atoms with Crippen LogP contribution in [0.2, 0.25) is 0 Å². The van der Waals surface area contributed by atoms with E-state index >= 15 is 0 Å². The molecule has 1 aromatic carbocycles. The first kappa shape index (κ1) is 15.4. The van der Waals surface area contributed by atoms with Gasteiger partial charge < -0.3 is 11.1 Å². The lowest BCUT2D eigenvalue weighted by atomic mass is 10.1. The van der Waals surface area contributed by atoms with Crippen molar-refractivity contribution in [1.29, 1.82) is 0 Å². The smallest absolute Gasteiger partial charge is 0.270 e. The Morgan fingerprint density at radius 3 is 2.75 bits per heavy atom. The summed E-state index contributed by atoms with van der Waals surface area (Å²) in [6, 6.07) is 4.41. The second-order valence-corrected chi connectivity index (χ2v) is 4.10. The van der Waals surface area contributed by atoms with Crippen LogP contribution in [0.5, 0.6) is 0 Å². The average molecular weight is 277 g/mol. The van der Waals surface area contributed by atoms with Crippen LogP contribution in [0.1, 0.15) is 23.2 Å². The van der Waals surface area contributed by atoms with Crippen molar-refractivity contribution < 1.29 is 14.5 Å². The van der Waals surface area contributed by atoms with Crippen LogP contribution in [0.25, 0.3) is 0 Å². The zero-order chi connectivity index (χ0) is 15.1. The molecule has 1 atom stereocenters. The molecule has 7 nitrogen and oxygen atoms in total. The lowest BCUT2D eigenvalue weighted by molar-refractivity contribution is -0.384. The normalized spacial score (nSPS) is 11.4. The minimum Gasteiger partial charge on any atom is -0.368 e. The summed E-state index contributed by atoms with van der Waals surface area (Å²) in [5, 5.41) is 13.1. The van der Waals surface area contributed by atoms with E-state index in [1.807, 2.05) is 0 Å². The van der Waals surface area contributed by atoms with Gasteiger partial charge in [0.05, 0.1) is 4.92 Å². The second kappa shape index (κ2) is 7.03. The Hall–Kier alpha value is -2.70. The second-order valence-electron chi connectivity index (χ2n) is 4.10. The van der Waals surface area contributed by atoms with E-state index in [0.29, 0.717) is 12.8 Å². The molecule has 0 aliphatic heterocycles. The van der Waals surface area contributed by atoms with Gasteiger partial charge in [-0.3, -0.25) is 19.7 Å². The van der Waals surface area contributed by atoms with E-state index in [1.54, 1.807) is 6.08 Å². The van der Waals surface area contributed by atoms with E-state index in [9.17, 15) is 19.7 Å². The molecule has 0 aliphatic rings. The topological polar surface area (TPSA) is 115 Å². The molecule has 2 amide bonds. The zero-order valence-electron chi connectivity index (χ0n) is 10.7. The fourth-order valence-corrected chi connectivity index (χ4v) is 1.57. The van der Waals surface area contributed by atoms with Gasteiger partial charge >= 0.3 is 0 Å². The minimum atomic E-state index is -0.834. The summed E-state index contributed by atoms with van der Waals surface area (Å²) in [5.74, 6) is -1.24. The highest BCUT2D eigenvalue weighted by molar-refractivity contribution is 5.97. The first-order valence-corrected chi connectivity index (χ1v) is 5.91. The number of nitro benzene ring substituents is 1. The number of carbonyl (C=O) groups is 2. The molecule has 1 rings (SSSR count). The predicted octanol–water partition coefficient (Wildman–Crippen LogP) is 1.14. The van der Waals surface area contributed by atoms with Crippen LogP contribution in [0.15, 0.2) is 36.9 Å². The third kappa shape index (κ3) is 4.20. The number of carbonyl (C=O) groups excluding carboxylic acids is 2. The summed E-state index contributed by atoms with van der Waals surface area (Å²) in [4.78, 5) is 33.2. The van der Waals surface area contributed by atoms with E-state index in [0.717, 1.165) is 6.07 Å². The number of rotatable bonds is 7. The monoisotopic (exact) mass is 277 g/mol. The van der Waals surface area contributed by atoms with Crippen molar-refractivity contribution in [3.05, 3.63) is 52.6 Å². The maximum absolute atomic E-state index is 11.9. The van der Waals surface area contributed by atoms with Crippen LogP contribution in [0.3, 0.4) is 0 Å². The molecular formula is C13H15N3O4. The average Bonchev–Trinajstić information content (AvgIpc) is 2.42. The third-order valence-corrected chi connectivity index (χ3v) is 2.63. The molecule has 7 heteroatoms. The van der Waals surface area contributed by atoms with Crippen LogP contribution in [0, 0.1) is 10.1 Å². The van der Waals surface area contributed by atoms with Crippen molar-refractivity contribution in [2.45, 2.75) is 18.9 Å². The van der Waals surface area contributed by atoms with Crippen molar-refractivity contribution in [2.75, 3.05) is 0 Å². The van der Waals surface area contributed by atoms with E-state index in [1.165, 1.54) is 18.2 Å². The van der Waals surface area contributed by atoms with Crippen LogP contribution in [0.4, 0.5) is 5.69 Å². The van der Waals surface area contributed by atoms with Gasteiger partial charge in [-0.15, -0.1) is 6.58 Å². The largest absolute Gasteiger partial charge is 0.368 e. The summed E-state index contributed by atoms with van der Waals surface area (Å²) >= 11 is 0. The van der Waals surface area contributed by atoms with Crippen LogP contribution in [-0.4, -0.2) is 22.8 Å². The van der Waals surface area contributed by atoms with Gasteiger partial charge in [0.25, 0.3) is 11.6 Å². The van der Waals surface area contributed by atoms with Crippen molar-refractivity contribution in [2.24, 2.45) is 5.73 Å². The molecule has 0 heterocycles. The molecule has 3 N–H and O–H groups in total. The maximum Gasteiger partial charge on any atom is 0.270 e. The molecular weight excluding hydrogens is 262 g/mol. The number of allylic oxidation sites excluding steroid dienone is 1. The van der Waals surface area contributed by atoms with Gasteiger partial charge in [0, 0.05) is 17.7 Å². The quantitative estimate of drug-likeness (QED) is 0.441. The number of hydrogen-bond acceptors (Lipinski definition) is 4. The zero-order valence-corrected chi connectivity index (χ0v) is 10.7. The lowest BCUT2D eigenvalue weighted by Gasteiger charge is -2.14. The van der Waals surface area contributed by atoms with Crippen molar-refractivity contribution in [3.8, 4) is 0 Å². The maximum atomic E-state index is 11.9. The minimum absolute atomic E-state index is 0.101. The highest BCUT2D eigenvalue weighted by Crippen LogP contribution is 2.13. The number of hydrogen-bond donors (Lipinski definition) is 2. The number of nitrogens with zero attached hydrogens (tertiary/aromatic N) is 1. The van der Waals surface area contributed by atoms with Gasteiger partial charge in [0.2, 0.25) is 5.91 Å². The summed E-state index contributed by atoms with van der Waals surface area (Å²) in [5.41, 5.74) is 5.09. The van der Waals surface area contributed by atoms with Crippen LogP contribution < -0.4 is 11.1 Å². The van der Waals surface area contributed by atoms with E-state index in [-0.39, 0.29) is 11.3 Å². The van der Waals surface area contributed by atoms with E-state index in [4.69, 9.17) is 5.73 Å². The molecule has 0 spiro atoms. The molecule has 0 unspecified atom stereocenters. The van der Waals surface area contributed by atoms with Gasteiger partial charge in [0.15, 0.2) is 0 Å². The summed E-state index contributed by atoms with van der Waals surface area (Å²) in [6.07, 6.45) is 2.46. The Morgan fingerprint density at radius 2 is 2.20 bits per heavy atom. The Bertz CT molecular complexity index is 542. The van der Waals surface area contributed by atoms with Crippen molar-refractivity contribution >= 4 is 17.5 Å². The summed E-state index contributed by atoms with van der Waals surface area (Å²) in [7, 11) is 0. The molecule has 0 saturated carbocycles. The Labute approximate surface area is 115 Å².